The second-order valence-electron chi connectivity index (χ2n) is 6.76. The highest BCUT2D eigenvalue weighted by Gasteiger charge is 2.15. The van der Waals surface area contributed by atoms with Crippen LogP contribution in [0.3, 0.4) is 0 Å². The van der Waals surface area contributed by atoms with Crippen LogP contribution in [0.25, 0.3) is 0 Å². The highest BCUT2D eigenvalue weighted by Crippen LogP contribution is 2.29. The van der Waals surface area contributed by atoms with Crippen molar-refractivity contribution >= 4 is 5.96 Å². The van der Waals surface area contributed by atoms with E-state index in [9.17, 15) is 0 Å². The zero-order chi connectivity index (χ0) is 19.9. The van der Waals surface area contributed by atoms with Crippen molar-refractivity contribution in [2.24, 2.45) is 4.99 Å². The molecule has 0 fully saturated rings. The van der Waals surface area contributed by atoms with Gasteiger partial charge in [0.25, 0.3) is 0 Å². The van der Waals surface area contributed by atoms with Crippen molar-refractivity contribution in [2.75, 3.05) is 34.4 Å². The third-order valence-corrected chi connectivity index (χ3v) is 4.94. The number of hydrogen-bond donors (Lipinski definition) is 2. The van der Waals surface area contributed by atoms with Gasteiger partial charge >= 0.3 is 0 Å². The molecular weight excluding hydrogens is 354 g/mol. The summed E-state index contributed by atoms with van der Waals surface area (Å²) in [6.07, 6.45) is 1.92. The first-order chi connectivity index (χ1) is 13.6. The number of ether oxygens (including phenoxy) is 3. The van der Waals surface area contributed by atoms with Crippen LogP contribution in [0.2, 0.25) is 0 Å². The fourth-order valence-electron chi connectivity index (χ4n) is 3.38. The van der Waals surface area contributed by atoms with Crippen LogP contribution in [-0.4, -0.2) is 40.4 Å². The average Bonchev–Trinajstić information content (AvgIpc) is 3.20. The molecule has 28 heavy (non-hydrogen) atoms. The van der Waals surface area contributed by atoms with Crippen LogP contribution in [0.15, 0.2) is 41.4 Å². The SMILES string of the molecule is CN=C(NCCc1ccc2c(c1)CCO2)NC(C)c1cc(OC)ccc1OC. The Labute approximate surface area is 166 Å². The molecule has 1 aliphatic rings. The van der Waals surface area contributed by atoms with Gasteiger partial charge in [0, 0.05) is 25.6 Å². The molecule has 0 aromatic heterocycles. The minimum Gasteiger partial charge on any atom is -0.497 e. The van der Waals surface area contributed by atoms with Crippen molar-refractivity contribution in [1.29, 1.82) is 0 Å². The van der Waals surface area contributed by atoms with Gasteiger partial charge in [-0.15, -0.1) is 0 Å². The normalized spacial score (nSPS) is 14.1. The van der Waals surface area contributed by atoms with Crippen LogP contribution in [0.1, 0.15) is 29.7 Å². The number of benzene rings is 2. The Bertz CT molecular complexity index is 836. The Morgan fingerprint density at radius 1 is 1.18 bits per heavy atom. The van der Waals surface area contributed by atoms with Crippen molar-refractivity contribution < 1.29 is 14.2 Å². The maximum atomic E-state index is 5.57. The lowest BCUT2D eigenvalue weighted by atomic mass is 10.1. The molecule has 1 heterocycles. The number of nitrogens with zero attached hydrogens (tertiary/aromatic N) is 1. The number of guanidine groups is 1. The van der Waals surface area contributed by atoms with E-state index in [1.54, 1.807) is 21.3 Å². The number of aliphatic imine (C=N–C) groups is 1. The Morgan fingerprint density at radius 2 is 2.04 bits per heavy atom. The van der Waals surface area contributed by atoms with Gasteiger partial charge in [0.1, 0.15) is 17.2 Å². The van der Waals surface area contributed by atoms with Gasteiger partial charge in [0.05, 0.1) is 26.9 Å². The fourth-order valence-corrected chi connectivity index (χ4v) is 3.38. The summed E-state index contributed by atoms with van der Waals surface area (Å²) in [6, 6.07) is 12.2. The second kappa shape index (κ2) is 9.35. The number of rotatable bonds is 7. The van der Waals surface area contributed by atoms with Gasteiger partial charge < -0.3 is 24.8 Å². The zero-order valence-corrected chi connectivity index (χ0v) is 17.0. The summed E-state index contributed by atoms with van der Waals surface area (Å²) in [7, 11) is 5.11. The van der Waals surface area contributed by atoms with E-state index in [2.05, 4.69) is 40.7 Å². The molecule has 2 aromatic rings. The lowest BCUT2D eigenvalue weighted by molar-refractivity contribution is 0.357. The molecule has 1 unspecified atom stereocenters. The van der Waals surface area contributed by atoms with E-state index in [0.717, 1.165) is 54.8 Å². The number of methoxy groups -OCH3 is 2. The summed E-state index contributed by atoms with van der Waals surface area (Å²) in [5.74, 6) is 3.39. The molecule has 150 valence electrons. The standard InChI is InChI=1S/C22H29N3O3/c1-15(19-14-18(26-3)6-8-21(19)27-4)25-22(23-2)24-11-9-16-5-7-20-17(13-16)10-12-28-20/h5-8,13-15H,9-12H2,1-4H3,(H2,23,24,25). The van der Waals surface area contributed by atoms with Gasteiger partial charge in [0.15, 0.2) is 5.96 Å². The highest BCUT2D eigenvalue weighted by molar-refractivity contribution is 5.80. The summed E-state index contributed by atoms with van der Waals surface area (Å²) in [6.45, 7) is 3.66. The molecule has 0 bridgehead atoms. The Morgan fingerprint density at radius 3 is 2.79 bits per heavy atom. The van der Waals surface area contributed by atoms with E-state index in [1.165, 1.54) is 11.1 Å². The van der Waals surface area contributed by atoms with Crippen molar-refractivity contribution in [2.45, 2.75) is 25.8 Å². The number of fused-ring (bicyclic) bond motifs is 1. The first-order valence-electron chi connectivity index (χ1n) is 9.58. The van der Waals surface area contributed by atoms with Crippen LogP contribution < -0.4 is 24.8 Å². The molecule has 2 N–H and O–H groups in total. The lowest BCUT2D eigenvalue weighted by Crippen LogP contribution is -2.39. The van der Waals surface area contributed by atoms with Crippen molar-refractivity contribution in [3.8, 4) is 17.2 Å². The van der Waals surface area contributed by atoms with Gasteiger partial charge in [-0.1, -0.05) is 12.1 Å². The topological polar surface area (TPSA) is 64.1 Å². The quantitative estimate of drug-likeness (QED) is 0.568. The smallest absolute Gasteiger partial charge is 0.191 e. The largest absolute Gasteiger partial charge is 0.497 e. The highest BCUT2D eigenvalue weighted by atomic mass is 16.5. The molecule has 1 atom stereocenters. The molecule has 0 aliphatic carbocycles. The Balaban J connectivity index is 1.57. The zero-order valence-electron chi connectivity index (χ0n) is 17.0. The van der Waals surface area contributed by atoms with Crippen LogP contribution in [0.4, 0.5) is 0 Å². The van der Waals surface area contributed by atoms with Gasteiger partial charge in [0.2, 0.25) is 0 Å². The summed E-state index contributed by atoms with van der Waals surface area (Å²) >= 11 is 0. The van der Waals surface area contributed by atoms with E-state index in [4.69, 9.17) is 14.2 Å². The van der Waals surface area contributed by atoms with E-state index in [-0.39, 0.29) is 6.04 Å². The molecule has 0 amide bonds. The number of nitrogens with one attached hydrogen (secondary N) is 2. The predicted octanol–water partition coefficient (Wildman–Crippen LogP) is 3.11. The van der Waals surface area contributed by atoms with E-state index >= 15 is 0 Å². The summed E-state index contributed by atoms with van der Waals surface area (Å²) < 4.78 is 16.4. The van der Waals surface area contributed by atoms with E-state index in [1.807, 2.05) is 18.2 Å². The molecule has 3 rings (SSSR count). The van der Waals surface area contributed by atoms with Crippen LogP contribution in [0, 0.1) is 0 Å². The fraction of sp³-hybridized carbons (Fsp3) is 0.409. The molecule has 1 aliphatic heterocycles. The van der Waals surface area contributed by atoms with Gasteiger partial charge in [-0.25, -0.2) is 0 Å². The first-order valence-corrected chi connectivity index (χ1v) is 9.58. The predicted molar refractivity (Wildman–Crippen MR) is 112 cm³/mol. The molecule has 0 radical (unpaired) electrons. The number of hydrogen-bond acceptors (Lipinski definition) is 4. The Kier molecular flexibility index (Phi) is 6.63. The van der Waals surface area contributed by atoms with Crippen molar-refractivity contribution in [3.63, 3.8) is 0 Å². The van der Waals surface area contributed by atoms with Crippen molar-refractivity contribution in [3.05, 3.63) is 53.1 Å². The monoisotopic (exact) mass is 383 g/mol. The maximum Gasteiger partial charge on any atom is 0.191 e. The Hall–Kier alpha value is -2.89. The molecular formula is C22H29N3O3. The molecule has 0 saturated carbocycles. The first kappa shape index (κ1) is 19.9. The second-order valence-corrected chi connectivity index (χ2v) is 6.76. The van der Waals surface area contributed by atoms with Crippen LogP contribution >= 0.6 is 0 Å². The van der Waals surface area contributed by atoms with Crippen LogP contribution in [-0.2, 0) is 12.8 Å². The van der Waals surface area contributed by atoms with E-state index < -0.39 is 0 Å². The minimum absolute atomic E-state index is 0.00777. The average molecular weight is 383 g/mol. The van der Waals surface area contributed by atoms with Gasteiger partial charge in [-0.3, -0.25) is 4.99 Å². The lowest BCUT2D eigenvalue weighted by Gasteiger charge is -2.21. The van der Waals surface area contributed by atoms with Gasteiger partial charge in [-0.05, 0) is 48.7 Å². The van der Waals surface area contributed by atoms with Crippen LogP contribution in [0.5, 0.6) is 17.2 Å². The van der Waals surface area contributed by atoms with Gasteiger partial charge in [-0.2, -0.15) is 0 Å². The summed E-state index contributed by atoms with van der Waals surface area (Å²) in [5.41, 5.74) is 3.62. The summed E-state index contributed by atoms with van der Waals surface area (Å²) in [5, 5.41) is 6.81. The molecule has 0 saturated heterocycles. The molecule has 6 heteroatoms. The third kappa shape index (κ3) is 4.68. The maximum absolute atomic E-state index is 5.57. The van der Waals surface area contributed by atoms with E-state index in [0.29, 0.717) is 0 Å². The molecule has 0 spiro atoms. The molecule has 6 nitrogen and oxygen atoms in total. The van der Waals surface area contributed by atoms with Crippen molar-refractivity contribution in [1.82, 2.24) is 10.6 Å². The summed E-state index contributed by atoms with van der Waals surface area (Å²) in [4.78, 5) is 4.34. The third-order valence-electron chi connectivity index (χ3n) is 4.94. The molecule has 2 aromatic carbocycles. The minimum atomic E-state index is 0.00777.